The number of carboxylic acid groups (broad SMARTS) is 4. The van der Waals surface area contributed by atoms with E-state index >= 15 is 0 Å². The van der Waals surface area contributed by atoms with Gasteiger partial charge in [0, 0.05) is 76.4 Å². The molecule has 1 atom stereocenters. The molecule has 1 unspecified atom stereocenters. The lowest BCUT2D eigenvalue weighted by Crippen LogP contribution is -2.45. The molecule has 1 saturated heterocycles. The highest BCUT2D eigenvalue weighted by molar-refractivity contribution is 7.99. The first-order chi connectivity index (χ1) is 19.2. The fraction of sp³-hybridized carbons (Fsp3) is 0.259. The van der Waals surface area contributed by atoms with Crippen LogP contribution in [-0.2, 0) is 19.2 Å². The SMILES string of the molecule is CC(c1cc(Cl)ccc1Sc1cc(Cl)ccc1Cl)N1CCN(C)CC1.O=C(O)/C=C\C(=O)O.O=C(O)/C=C\C(=O)O. The summed E-state index contributed by atoms with van der Waals surface area (Å²) in [5.41, 5.74) is 1.23. The average molecular weight is 648 g/mol. The zero-order valence-corrected chi connectivity index (χ0v) is 25.1. The van der Waals surface area contributed by atoms with Gasteiger partial charge >= 0.3 is 23.9 Å². The molecule has 1 fully saturated rings. The fourth-order valence-corrected chi connectivity index (χ4v) is 5.03. The molecule has 3 rings (SSSR count). The van der Waals surface area contributed by atoms with Crippen molar-refractivity contribution in [2.45, 2.75) is 22.8 Å². The van der Waals surface area contributed by atoms with Crippen LogP contribution in [0.2, 0.25) is 15.1 Å². The second kappa shape index (κ2) is 18.4. The smallest absolute Gasteiger partial charge is 0.328 e. The van der Waals surface area contributed by atoms with Crippen LogP contribution >= 0.6 is 46.6 Å². The van der Waals surface area contributed by atoms with Crippen LogP contribution in [0.25, 0.3) is 0 Å². The number of carboxylic acids is 4. The molecule has 0 spiro atoms. The number of aliphatic carboxylic acids is 4. The van der Waals surface area contributed by atoms with Gasteiger partial charge in [-0.1, -0.05) is 46.6 Å². The van der Waals surface area contributed by atoms with Crippen molar-refractivity contribution in [3.8, 4) is 0 Å². The second-order valence-electron chi connectivity index (χ2n) is 8.39. The largest absolute Gasteiger partial charge is 0.478 e. The summed E-state index contributed by atoms with van der Waals surface area (Å²) in [6, 6.07) is 11.9. The van der Waals surface area contributed by atoms with Gasteiger partial charge in [-0.05, 0) is 55.9 Å². The molecule has 41 heavy (non-hydrogen) atoms. The van der Waals surface area contributed by atoms with E-state index < -0.39 is 23.9 Å². The van der Waals surface area contributed by atoms with Gasteiger partial charge < -0.3 is 25.3 Å². The topological polar surface area (TPSA) is 156 Å². The van der Waals surface area contributed by atoms with Crippen LogP contribution in [0, 0.1) is 0 Å². The molecule has 0 aromatic heterocycles. The lowest BCUT2D eigenvalue weighted by molar-refractivity contribution is -0.134. The van der Waals surface area contributed by atoms with E-state index in [0.29, 0.717) is 40.4 Å². The third kappa shape index (κ3) is 14.9. The van der Waals surface area contributed by atoms with Crippen LogP contribution in [0.5, 0.6) is 0 Å². The Kier molecular flexibility index (Phi) is 16.1. The molecule has 1 aliphatic heterocycles. The van der Waals surface area contributed by atoms with E-state index in [1.54, 1.807) is 11.8 Å². The van der Waals surface area contributed by atoms with Gasteiger partial charge in [0.1, 0.15) is 0 Å². The number of benzene rings is 2. The Hall–Kier alpha value is -3.06. The summed E-state index contributed by atoms with van der Waals surface area (Å²) in [7, 11) is 2.17. The van der Waals surface area contributed by atoms with Gasteiger partial charge in [0.2, 0.25) is 0 Å². The highest BCUT2D eigenvalue weighted by Gasteiger charge is 2.23. The minimum absolute atomic E-state index is 0.299. The molecule has 0 saturated carbocycles. The van der Waals surface area contributed by atoms with Gasteiger partial charge in [-0.2, -0.15) is 0 Å². The molecule has 10 nitrogen and oxygen atoms in total. The van der Waals surface area contributed by atoms with Crippen molar-refractivity contribution < 1.29 is 39.6 Å². The van der Waals surface area contributed by atoms with Gasteiger partial charge in [-0.15, -0.1) is 0 Å². The molecular formula is C27H29Cl3N2O8S. The van der Waals surface area contributed by atoms with Crippen LogP contribution in [0.15, 0.2) is 70.5 Å². The number of hydrogen-bond donors (Lipinski definition) is 4. The average Bonchev–Trinajstić information content (AvgIpc) is 2.90. The molecule has 4 N–H and O–H groups in total. The van der Waals surface area contributed by atoms with E-state index in [2.05, 4.69) is 35.9 Å². The summed E-state index contributed by atoms with van der Waals surface area (Å²) in [6.45, 7) is 6.56. The molecule has 2 aromatic rings. The summed E-state index contributed by atoms with van der Waals surface area (Å²) in [4.78, 5) is 45.2. The van der Waals surface area contributed by atoms with Gasteiger partial charge in [-0.25, -0.2) is 19.2 Å². The quantitative estimate of drug-likeness (QED) is 0.267. The highest BCUT2D eigenvalue weighted by Crippen LogP contribution is 2.40. The predicted molar refractivity (Wildman–Crippen MR) is 158 cm³/mol. The minimum atomic E-state index is -1.26. The summed E-state index contributed by atoms with van der Waals surface area (Å²) in [6.07, 6.45) is 2.23. The number of likely N-dealkylation sites (N-methyl/N-ethyl adjacent to an activating group) is 1. The molecule has 1 aliphatic rings. The molecular weight excluding hydrogens is 619 g/mol. The number of carbonyl (C=O) groups is 4. The van der Waals surface area contributed by atoms with Crippen molar-refractivity contribution in [1.29, 1.82) is 0 Å². The normalized spacial score (nSPS) is 14.5. The Morgan fingerprint density at radius 1 is 0.732 bits per heavy atom. The minimum Gasteiger partial charge on any atom is -0.478 e. The Morgan fingerprint density at radius 2 is 1.17 bits per heavy atom. The number of piperazine rings is 1. The standard InChI is InChI=1S/C19H21Cl3N2S.2C4H4O4/c1-13(24-9-7-23(2)8-10-24)16-11-14(20)4-6-18(16)25-19-12-15(21)3-5-17(19)22;2*5-3(6)1-2-4(7)8/h3-6,11-13H,7-10H2,1-2H3;2*1-2H,(H,5,6)(H,7,8)/b;2*2-1-. The highest BCUT2D eigenvalue weighted by atomic mass is 35.5. The summed E-state index contributed by atoms with van der Waals surface area (Å²) in [5, 5.41) is 33.4. The van der Waals surface area contributed by atoms with E-state index in [1.165, 1.54) is 10.5 Å². The van der Waals surface area contributed by atoms with Crippen molar-refractivity contribution >= 4 is 70.4 Å². The maximum absolute atomic E-state index is 9.55. The van der Waals surface area contributed by atoms with Crippen molar-refractivity contribution in [3.63, 3.8) is 0 Å². The lowest BCUT2D eigenvalue weighted by atomic mass is 10.1. The van der Waals surface area contributed by atoms with Crippen molar-refractivity contribution in [2.75, 3.05) is 33.2 Å². The van der Waals surface area contributed by atoms with Crippen molar-refractivity contribution in [1.82, 2.24) is 9.80 Å². The first kappa shape index (κ1) is 36.0. The van der Waals surface area contributed by atoms with Crippen LogP contribution in [-0.4, -0.2) is 87.3 Å². The van der Waals surface area contributed by atoms with Gasteiger partial charge in [0.05, 0.1) is 5.02 Å². The second-order valence-corrected chi connectivity index (χ2v) is 10.8. The third-order valence-corrected chi connectivity index (χ3v) is 7.42. The summed E-state index contributed by atoms with van der Waals surface area (Å²) >= 11 is 20.4. The lowest BCUT2D eigenvalue weighted by Gasteiger charge is -2.37. The Bertz CT molecular complexity index is 1220. The molecule has 0 amide bonds. The fourth-order valence-electron chi connectivity index (χ4n) is 3.30. The first-order valence-electron chi connectivity index (χ1n) is 11.8. The maximum Gasteiger partial charge on any atom is 0.328 e. The van der Waals surface area contributed by atoms with Crippen LogP contribution in [0.1, 0.15) is 18.5 Å². The van der Waals surface area contributed by atoms with Crippen molar-refractivity contribution in [3.05, 3.63) is 81.3 Å². The monoisotopic (exact) mass is 646 g/mol. The Labute approximate surface area is 256 Å². The van der Waals surface area contributed by atoms with Gasteiger partial charge in [0.15, 0.2) is 0 Å². The number of nitrogens with zero attached hydrogens (tertiary/aromatic N) is 2. The third-order valence-electron chi connectivity index (χ3n) is 5.36. The Morgan fingerprint density at radius 3 is 1.63 bits per heavy atom. The number of hydrogen-bond acceptors (Lipinski definition) is 7. The summed E-state index contributed by atoms with van der Waals surface area (Å²) in [5.74, 6) is -5.03. The predicted octanol–water partition coefficient (Wildman–Crippen LogP) is 5.53. The molecule has 14 heteroatoms. The van der Waals surface area contributed by atoms with Crippen LogP contribution < -0.4 is 0 Å². The summed E-state index contributed by atoms with van der Waals surface area (Å²) < 4.78 is 0. The van der Waals surface area contributed by atoms with Crippen LogP contribution in [0.3, 0.4) is 0 Å². The van der Waals surface area contributed by atoms with E-state index in [-0.39, 0.29) is 0 Å². The number of halogens is 3. The molecule has 0 aliphatic carbocycles. The molecule has 0 bridgehead atoms. The molecule has 2 aromatic carbocycles. The number of rotatable bonds is 8. The Balaban J connectivity index is 0.000000433. The van der Waals surface area contributed by atoms with Gasteiger partial charge in [-0.3, -0.25) is 4.90 Å². The van der Waals surface area contributed by atoms with E-state index in [0.717, 1.165) is 36.1 Å². The molecule has 0 radical (unpaired) electrons. The van der Waals surface area contributed by atoms with E-state index in [4.69, 9.17) is 55.2 Å². The van der Waals surface area contributed by atoms with E-state index in [9.17, 15) is 19.2 Å². The van der Waals surface area contributed by atoms with Crippen LogP contribution in [0.4, 0.5) is 0 Å². The maximum atomic E-state index is 9.55. The zero-order chi connectivity index (χ0) is 31.1. The molecule has 222 valence electrons. The van der Waals surface area contributed by atoms with Crippen molar-refractivity contribution in [2.24, 2.45) is 0 Å². The van der Waals surface area contributed by atoms with Gasteiger partial charge in [0.25, 0.3) is 0 Å². The first-order valence-corrected chi connectivity index (χ1v) is 13.8. The molecule has 1 heterocycles. The zero-order valence-electron chi connectivity index (χ0n) is 22.0. The van der Waals surface area contributed by atoms with E-state index in [1.807, 2.05) is 24.3 Å².